The second-order valence-corrected chi connectivity index (χ2v) is 4.59. The zero-order valence-electron chi connectivity index (χ0n) is 10.2. The highest BCUT2D eigenvalue weighted by atomic mass is 16.4. The van der Waals surface area contributed by atoms with Gasteiger partial charge in [-0.05, 0) is 17.5 Å². The average molecular weight is 250 g/mol. The zero-order chi connectivity index (χ0) is 13.0. The summed E-state index contributed by atoms with van der Waals surface area (Å²) < 4.78 is 0. The Morgan fingerprint density at radius 1 is 1.39 bits per heavy atom. The fourth-order valence-corrected chi connectivity index (χ4v) is 2.28. The smallest absolute Gasteiger partial charge is 0.404 e. The predicted octanol–water partition coefficient (Wildman–Crippen LogP) is 0.673. The maximum absolute atomic E-state index is 10.3. The number of amides is 1. The minimum absolute atomic E-state index is 0.0769. The molecule has 1 unspecified atom stereocenters. The van der Waals surface area contributed by atoms with Gasteiger partial charge in [0.1, 0.15) is 0 Å². The van der Waals surface area contributed by atoms with Crippen LogP contribution in [0.5, 0.6) is 0 Å². The number of fused-ring (bicyclic) bond motifs is 1. The van der Waals surface area contributed by atoms with E-state index in [0.717, 1.165) is 19.5 Å². The first-order valence-electron chi connectivity index (χ1n) is 6.09. The van der Waals surface area contributed by atoms with Gasteiger partial charge in [-0.1, -0.05) is 24.3 Å². The van der Waals surface area contributed by atoms with Crippen LogP contribution in [-0.4, -0.2) is 46.9 Å². The average Bonchev–Trinajstić information content (AvgIpc) is 2.36. The Bertz CT molecular complexity index is 422. The van der Waals surface area contributed by atoms with Crippen LogP contribution >= 0.6 is 0 Å². The van der Waals surface area contributed by atoms with Crippen LogP contribution in [0.4, 0.5) is 4.79 Å². The van der Waals surface area contributed by atoms with Crippen molar-refractivity contribution >= 4 is 6.09 Å². The molecule has 1 aliphatic heterocycles. The highest BCUT2D eigenvalue weighted by Crippen LogP contribution is 2.18. The van der Waals surface area contributed by atoms with E-state index in [1.54, 1.807) is 0 Å². The van der Waals surface area contributed by atoms with Gasteiger partial charge >= 0.3 is 6.09 Å². The third kappa shape index (κ3) is 3.45. The number of hydrogen-bond donors (Lipinski definition) is 3. The van der Waals surface area contributed by atoms with E-state index in [9.17, 15) is 9.90 Å². The number of nitrogens with zero attached hydrogens (tertiary/aromatic N) is 1. The SMILES string of the molecule is O=C(O)NCC(O)CN1CCc2ccccc2C1. The standard InChI is InChI=1S/C13H18N2O3/c16-12(7-14-13(17)18)9-15-6-5-10-3-1-2-4-11(10)8-15/h1-4,12,14,16H,5-9H2,(H,17,18). The molecule has 1 heterocycles. The Labute approximate surface area is 106 Å². The molecule has 0 aliphatic carbocycles. The molecule has 98 valence electrons. The van der Waals surface area contributed by atoms with Gasteiger partial charge in [-0.3, -0.25) is 4.90 Å². The van der Waals surface area contributed by atoms with Crippen molar-refractivity contribution in [1.29, 1.82) is 0 Å². The highest BCUT2D eigenvalue weighted by molar-refractivity contribution is 5.64. The normalized spacial score (nSPS) is 16.9. The first-order chi connectivity index (χ1) is 8.65. The Kier molecular flexibility index (Phi) is 4.17. The molecule has 0 spiro atoms. The summed E-state index contributed by atoms with van der Waals surface area (Å²) >= 11 is 0. The summed E-state index contributed by atoms with van der Waals surface area (Å²) in [7, 11) is 0. The number of hydrogen-bond acceptors (Lipinski definition) is 3. The molecule has 18 heavy (non-hydrogen) atoms. The van der Waals surface area contributed by atoms with Gasteiger partial charge in [-0.25, -0.2) is 4.79 Å². The van der Waals surface area contributed by atoms with E-state index in [0.29, 0.717) is 6.54 Å². The number of carbonyl (C=O) groups is 1. The molecule has 0 fully saturated rings. The molecule has 0 radical (unpaired) electrons. The molecule has 0 saturated heterocycles. The lowest BCUT2D eigenvalue weighted by Crippen LogP contribution is -2.41. The number of benzene rings is 1. The molecule has 2 rings (SSSR count). The van der Waals surface area contributed by atoms with Crippen molar-refractivity contribution in [2.75, 3.05) is 19.6 Å². The summed E-state index contributed by atoms with van der Waals surface area (Å²) in [6.07, 6.45) is -0.778. The van der Waals surface area contributed by atoms with Crippen molar-refractivity contribution in [1.82, 2.24) is 10.2 Å². The molecule has 0 saturated carbocycles. The maximum atomic E-state index is 10.3. The fourth-order valence-electron chi connectivity index (χ4n) is 2.28. The van der Waals surface area contributed by atoms with Crippen LogP contribution < -0.4 is 5.32 Å². The highest BCUT2D eigenvalue weighted by Gasteiger charge is 2.18. The van der Waals surface area contributed by atoms with Crippen LogP contribution in [0, 0.1) is 0 Å². The molecule has 1 aromatic carbocycles. The van der Waals surface area contributed by atoms with Gasteiger partial charge in [0, 0.05) is 26.2 Å². The first-order valence-corrected chi connectivity index (χ1v) is 6.09. The number of carboxylic acid groups (broad SMARTS) is 1. The van der Waals surface area contributed by atoms with Gasteiger partial charge in [-0.15, -0.1) is 0 Å². The van der Waals surface area contributed by atoms with Gasteiger partial charge in [0.05, 0.1) is 6.10 Å². The van der Waals surface area contributed by atoms with E-state index < -0.39 is 12.2 Å². The molecule has 0 bridgehead atoms. The molecule has 1 amide bonds. The van der Waals surface area contributed by atoms with Gasteiger partial charge in [0.15, 0.2) is 0 Å². The summed E-state index contributed by atoms with van der Waals surface area (Å²) in [5.74, 6) is 0. The summed E-state index contributed by atoms with van der Waals surface area (Å²) in [6.45, 7) is 2.30. The van der Waals surface area contributed by atoms with Crippen molar-refractivity contribution in [2.45, 2.75) is 19.1 Å². The van der Waals surface area contributed by atoms with Gasteiger partial charge in [0.25, 0.3) is 0 Å². The van der Waals surface area contributed by atoms with Crippen molar-refractivity contribution in [3.63, 3.8) is 0 Å². The van der Waals surface area contributed by atoms with Crippen LogP contribution in [0.3, 0.4) is 0 Å². The molecule has 5 heteroatoms. The quantitative estimate of drug-likeness (QED) is 0.734. The second-order valence-electron chi connectivity index (χ2n) is 4.59. The molecule has 1 aliphatic rings. The molecule has 3 N–H and O–H groups in total. The van der Waals surface area contributed by atoms with Gasteiger partial charge in [0.2, 0.25) is 0 Å². The number of nitrogens with one attached hydrogen (secondary N) is 1. The Hall–Kier alpha value is -1.59. The van der Waals surface area contributed by atoms with Crippen molar-refractivity contribution in [2.24, 2.45) is 0 Å². The third-order valence-corrected chi connectivity index (χ3v) is 3.17. The Balaban J connectivity index is 1.84. The topological polar surface area (TPSA) is 72.8 Å². The van der Waals surface area contributed by atoms with Crippen LogP contribution in [0.15, 0.2) is 24.3 Å². The summed E-state index contributed by atoms with van der Waals surface area (Å²) in [5.41, 5.74) is 2.66. The van der Waals surface area contributed by atoms with Gasteiger partial charge in [-0.2, -0.15) is 0 Å². The monoisotopic (exact) mass is 250 g/mol. The van der Waals surface area contributed by atoms with E-state index >= 15 is 0 Å². The lowest BCUT2D eigenvalue weighted by molar-refractivity contribution is 0.102. The number of rotatable bonds is 4. The fraction of sp³-hybridized carbons (Fsp3) is 0.462. The molecular weight excluding hydrogens is 232 g/mol. The van der Waals surface area contributed by atoms with Crippen molar-refractivity contribution in [3.8, 4) is 0 Å². The molecule has 1 atom stereocenters. The Morgan fingerprint density at radius 3 is 2.83 bits per heavy atom. The largest absolute Gasteiger partial charge is 0.465 e. The summed E-state index contributed by atoms with van der Waals surface area (Å²) in [4.78, 5) is 12.5. The molecule has 1 aromatic rings. The number of aliphatic hydroxyl groups is 1. The zero-order valence-corrected chi connectivity index (χ0v) is 10.2. The third-order valence-electron chi connectivity index (χ3n) is 3.17. The van der Waals surface area contributed by atoms with Crippen LogP contribution in [0.2, 0.25) is 0 Å². The number of β-amino-alcohol motifs (C(OH)–C–C–N with tert-alkyl or cyclic N) is 1. The molecule has 5 nitrogen and oxygen atoms in total. The minimum Gasteiger partial charge on any atom is -0.465 e. The summed E-state index contributed by atoms with van der Waals surface area (Å²) in [5, 5.41) is 20.4. The minimum atomic E-state index is -1.10. The maximum Gasteiger partial charge on any atom is 0.404 e. The van der Waals surface area contributed by atoms with Crippen LogP contribution in [-0.2, 0) is 13.0 Å². The van der Waals surface area contributed by atoms with E-state index in [-0.39, 0.29) is 6.54 Å². The second kappa shape index (κ2) is 5.84. The summed E-state index contributed by atoms with van der Waals surface area (Å²) in [6, 6.07) is 8.29. The molecular formula is C13H18N2O3. The van der Waals surface area contributed by atoms with E-state index in [1.807, 2.05) is 12.1 Å². The van der Waals surface area contributed by atoms with Crippen LogP contribution in [0.25, 0.3) is 0 Å². The van der Waals surface area contributed by atoms with E-state index in [4.69, 9.17) is 5.11 Å². The first kappa shape index (κ1) is 12.9. The lowest BCUT2D eigenvalue weighted by atomic mass is 10.00. The van der Waals surface area contributed by atoms with E-state index in [1.165, 1.54) is 11.1 Å². The van der Waals surface area contributed by atoms with E-state index in [2.05, 4.69) is 22.3 Å². The number of aliphatic hydroxyl groups excluding tert-OH is 1. The lowest BCUT2D eigenvalue weighted by Gasteiger charge is -2.30. The van der Waals surface area contributed by atoms with Crippen molar-refractivity contribution in [3.05, 3.63) is 35.4 Å². The van der Waals surface area contributed by atoms with Crippen molar-refractivity contribution < 1.29 is 15.0 Å². The molecule has 0 aromatic heterocycles. The van der Waals surface area contributed by atoms with Crippen LogP contribution in [0.1, 0.15) is 11.1 Å². The predicted molar refractivity (Wildman–Crippen MR) is 67.5 cm³/mol. The Morgan fingerprint density at radius 2 is 2.11 bits per heavy atom. The van der Waals surface area contributed by atoms with Gasteiger partial charge < -0.3 is 15.5 Å².